The predicted molar refractivity (Wildman–Crippen MR) is 90.1 cm³/mol. The van der Waals surface area contributed by atoms with Gasteiger partial charge in [0.1, 0.15) is 0 Å². The van der Waals surface area contributed by atoms with Crippen LogP contribution in [0.4, 0.5) is 0 Å². The molecule has 2 nitrogen and oxygen atoms in total. The zero-order chi connectivity index (χ0) is 14.7. The standard InChI is InChI=1S/C17H19ClN2S/c1-2-19-17-14-6-4-3-5-12(14)7-9-15(17)21-16-10-8-13(18)11-20-16/h3-6,8,10-11,15,17,19H,2,7,9H2,1H3. The third-order valence-corrected chi connectivity index (χ3v) is 5.37. The molecule has 0 saturated carbocycles. The molecule has 4 heteroatoms. The van der Waals surface area contributed by atoms with Crippen LogP contribution in [0.15, 0.2) is 47.6 Å². The van der Waals surface area contributed by atoms with E-state index in [0.29, 0.717) is 16.3 Å². The van der Waals surface area contributed by atoms with Crippen molar-refractivity contribution in [3.05, 3.63) is 58.7 Å². The second-order valence-corrected chi connectivity index (χ2v) is 6.94. The molecule has 0 spiro atoms. The average molecular weight is 319 g/mol. The summed E-state index contributed by atoms with van der Waals surface area (Å²) in [6.07, 6.45) is 4.04. The Kier molecular flexibility index (Phi) is 4.84. The number of fused-ring (bicyclic) bond motifs is 1. The Morgan fingerprint density at radius 2 is 2.14 bits per heavy atom. The van der Waals surface area contributed by atoms with Gasteiger partial charge in [-0.05, 0) is 42.6 Å². The minimum Gasteiger partial charge on any atom is -0.309 e. The van der Waals surface area contributed by atoms with Crippen molar-refractivity contribution in [1.29, 1.82) is 0 Å². The van der Waals surface area contributed by atoms with Crippen LogP contribution >= 0.6 is 23.4 Å². The maximum Gasteiger partial charge on any atom is 0.0964 e. The Balaban J connectivity index is 1.83. The lowest BCUT2D eigenvalue weighted by molar-refractivity contribution is 0.484. The maximum atomic E-state index is 5.92. The molecule has 0 saturated heterocycles. The van der Waals surface area contributed by atoms with Crippen LogP contribution in [0.2, 0.25) is 5.02 Å². The third kappa shape index (κ3) is 3.42. The number of aryl methyl sites for hydroxylation is 1. The number of thioether (sulfide) groups is 1. The van der Waals surface area contributed by atoms with E-state index < -0.39 is 0 Å². The fourth-order valence-corrected chi connectivity index (χ4v) is 4.20. The van der Waals surface area contributed by atoms with E-state index in [1.807, 2.05) is 23.9 Å². The first-order valence-corrected chi connectivity index (χ1v) is 8.63. The molecule has 1 aliphatic carbocycles. The maximum absolute atomic E-state index is 5.92. The third-order valence-electron chi connectivity index (χ3n) is 3.86. The molecule has 1 heterocycles. The second-order valence-electron chi connectivity index (χ2n) is 5.24. The fraction of sp³-hybridized carbons (Fsp3) is 0.353. The molecule has 0 aliphatic heterocycles. The minimum atomic E-state index is 0.391. The Morgan fingerprint density at radius 1 is 1.29 bits per heavy atom. The van der Waals surface area contributed by atoms with Crippen molar-refractivity contribution in [2.75, 3.05) is 6.54 Å². The summed E-state index contributed by atoms with van der Waals surface area (Å²) in [6.45, 7) is 3.14. The van der Waals surface area contributed by atoms with E-state index in [0.717, 1.165) is 18.0 Å². The topological polar surface area (TPSA) is 24.9 Å². The summed E-state index contributed by atoms with van der Waals surface area (Å²) >= 11 is 7.77. The lowest BCUT2D eigenvalue weighted by Crippen LogP contribution is -2.34. The molecule has 1 N–H and O–H groups in total. The van der Waals surface area contributed by atoms with Crippen LogP contribution in [0.5, 0.6) is 0 Å². The molecule has 21 heavy (non-hydrogen) atoms. The van der Waals surface area contributed by atoms with Gasteiger partial charge >= 0.3 is 0 Å². The van der Waals surface area contributed by atoms with Crippen LogP contribution in [-0.2, 0) is 6.42 Å². The Hall–Kier alpha value is -1.03. The summed E-state index contributed by atoms with van der Waals surface area (Å²) in [7, 11) is 0. The molecule has 0 fully saturated rings. The number of aromatic nitrogens is 1. The zero-order valence-electron chi connectivity index (χ0n) is 12.1. The number of hydrogen-bond acceptors (Lipinski definition) is 3. The molecule has 1 aliphatic rings. The normalized spacial score (nSPS) is 21.0. The van der Waals surface area contributed by atoms with Crippen molar-refractivity contribution in [2.24, 2.45) is 0 Å². The van der Waals surface area contributed by atoms with Crippen LogP contribution in [0.3, 0.4) is 0 Å². The van der Waals surface area contributed by atoms with Gasteiger partial charge in [-0.2, -0.15) is 0 Å². The quantitative estimate of drug-likeness (QED) is 0.899. The number of nitrogens with zero attached hydrogens (tertiary/aromatic N) is 1. The van der Waals surface area contributed by atoms with Gasteiger partial charge in [0.15, 0.2) is 0 Å². The van der Waals surface area contributed by atoms with Gasteiger partial charge in [0, 0.05) is 17.5 Å². The zero-order valence-corrected chi connectivity index (χ0v) is 13.6. The summed E-state index contributed by atoms with van der Waals surface area (Å²) in [4.78, 5) is 4.43. The number of nitrogens with one attached hydrogen (secondary N) is 1. The summed E-state index contributed by atoms with van der Waals surface area (Å²) in [5.74, 6) is 0. The number of benzene rings is 1. The molecule has 2 aromatic rings. The molecular weight excluding hydrogens is 300 g/mol. The smallest absolute Gasteiger partial charge is 0.0964 e. The largest absolute Gasteiger partial charge is 0.309 e. The van der Waals surface area contributed by atoms with Crippen LogP contribution in [-0.4, -0.2) is 16.8 Å². The van der Waals surface area contributed by atoms with Gasteiger partial charge in [-0.15, -0.1) is 11.8 Å². The van der Waals surface area contributed by atoms with Gasteiger partial charge in [0.2, 0.25) is 0 Å². The van der Waals surface area contributed by atoms with Gasteiger partial charge in [-0.25, -0.2) is 4.98 Å². The van der Waals surface area contributed by atoms with E-state index in [1.54, 1.807) is 6.20 Å². The Morgan fingerprint density at radius 3 is 2.90 bits per heavy atom. The highest BCUT2D eigenvalue weighted by atomic mass is 35.5. The lowest BCUT2D eigenvalue weighted by Gasteiger charge is -2.33. The molecular formula is C17H19ClN2S. The van der Waals surface area contributed by atoms with Crippen molar-refractivity contribution >= 4 is 23.4 Å². The van der Waals surface area contributed by atoms with E-state index in [4.69, 9.17) is 11.6 Å². The molecule has 2 unspecified atom stereocenters. The average Bonchev–Trinajstić information content (AvgIpc) is 2.52. The van der Waals surface area contributed by atoms with Gasteiger partial charge in [0.25, 0.3) is 0 Å². The highest BCUT2D eigenvalue weighted by molar-refractivity contribution is 7.99. The highest BCUT2D eigenvalue weighted by Gasteiger charge is 2.29. The molecule has 3 rings (SSSR count). The molecule has 110 valence electrons. The molecule has 1 aromatic carbocycles. The van der Waals surface area contributed by atoms with Gasteiger partial charge in [-0.3, -0.25) is 0 Å². The summed E-state index contributed by atoms with van der Waals surface area (Å²) in [5.41, 5.74) is 2.92. The van der Waals surface area contributed by atoms with Crippen molar-refractivity contribution < 1.29 is 0 Å². The van der Waals surface area contributed by atoms with Gasteiger partial charge in [0.05, 0.1) is 10.0 Å². The van der Waals surface area contributed by atoms with Crippen molar-refractivity contribution in [3.8, 4) is 0 Å². The van der Waals surface area contributed by atoms with Crippen LogP contribution in [0, 0.1) is 0 Å². The lowest BCUT2D eigenvalue weighted by atomic mass is 9.87. The molecule has 2 atom stereocenters. The molecule has 0 amide bonds. The van der Waals surface area contributed by atoms with Gasteiger partial charge in [-0.1, -0.05) is 42.8 Å². The van der Waals surface area contributed by atoms with Crippen LogP contribution < -0.4 is 5.32 Å². The number of pyridine rings is 1. The Bertz CT molecular complexity index is 600. The molecule has 1 aromatic heterocycles. The highest BCUT2D eigenvalue weighted by Crippen LogP contribution is 2.39. The van der Waals surface area contributed by atoms with E-state index in [2.05, 4.69) is 41.5 Å². The van der Waals surface area contributed by atoms with Crippen molar-refractivity contribution in [3.63, 3.8) is 0 Å². The fourth-order valence-electron chi connectivity index (χ4n) is 2.91. The molecule has 0 radical (unpaired) electrons. The van der Waals surface area contributed by atoms with E-state index in [1.165, 1.54) is 17.5 Å². The SMILES string of the molecule is CCNC1c2ccccc2CCC1Sc1ccc(Cl)cn1. The van der Waals surface area contributed by atoms with Crippen molar-refractivity contribution in [1.82, 2.24) is 10.3 Å². The first-order chi connectivity index (χ1) is 10.3. The van der Waals surface area contributed by atoms with Crippen molar-refractivity contribution in [2.45, 2.75) is 36.1 Å². The first-order valence-electron chi connectivity index (χ1n) is 7.37. The van der Waals surface area contributed by atoms with Crippen LogP contribution in [0.1, 0.15) is 30.5 Å². The summed E-state index contributed by atoms with van der Waals surface area (Å²) in [5, 5.41) is 5.89. The van der Waals surface area contributed by atoms with Crippen LogP contribution in [0.25, 0.3) is 0 Å². The number of hydrogen-bond donors (Lipinski definition) is 1. The second kappa shape index (κ2) is 6.82. The summed E-state index contributed by atoms with van der Waals surface area (Å²) in [6, 6.07) is 13.1. The monoisotopic (exact) mass is 318 g/mol. The first kappa shape index (κ1) is 14.9. The number of rotatable bonds is 4. The Labute approximate surface area is 135 Å². The van der Waals surface area contributed by atoms with Gasteiger partial charge < -0.3 is 5.32 Å². The predicted octanol–water partition coefficient (Wildman–Crippen LogP) is 4.49. The summed E-state index contributed by atoms with van der Waals surface area (Å²) < 4.78 is 0. The van der Waals surface area contributed by atoms with E-state index >= 15 is 0 Å². The minimum absolute atomic E-state index is 0.391. The molecule has 0 bridgehead atoms. The van der Waals surface area contributed by atoms with E-state index in [-0.39, 0.29) is 0 Å². The van der Waals surface area contributed by atoms with E-state index in [9.17, 15) is 0 Å². The number of halogens is 1.